The van der Waals surface area contributed by atoms with Crippen molar-refractivity contribution in [2.75, 3.05) is 32.8 Å². The largest absolute Gasteiger partial charge is 0.486 e. The van der Waals surface area contributed by atoms with Crippen LogP contribution in [0.2, 0.25) is 0 Å². The van der Waals surface area contributed by atoms with Gasteiger partial charge in [0.25, 0.3) is 0 Å². The molecule has 32 heavy (non-hydrogen) atoms. The second-order valence-electron chi connectivity index (χ2n) is 9.87. The monoisotopic (exact) mass is 482 g/mol. The molecule has 1 saturated carbocycles. The highest BCUT2D eigenvalue weighted by Crippen LogP contribution is 2.43. The predicted molar refractivity (Wildman–Crippen MR) is 121 cm³/mol. The molecule has 0 amide bonds. The van der Waals surface area contributed by atoms with Gasteiger partial charge in [-0.3, -0.25) is 0 Å². The second kappa shape index (κ2) is 8.78. The molecule has 0 bridgehead atoms. The van der Waals surface area contributed by atoms with Crippen molar-refractivity contribution in [3.8, 4) is 11.5 Å². The first kappa shape index (κ1) is 22.4. The molecule has 1 N–H and O–H groups in total. The van der Waals surface area contributed by atoms with Gasteiger partial charge < -0.3 is 19.6 Å². The Morgan fingerprint density at radius 3 is 2.75 bits per heavy atom. The summed E-state index contributed by atoms with van der Waals surface area (Å²) in [7, 11) is -3.60. The molecular formula is C23H31ClN2O5S. The number of carbonyl (C=O) groups excluding carboxylic acids is 1. The fourth-order valence-corrected chi connectivity index (χ4v) is 8.03. The zero-order chi connectivity index (χ0) is 22.3. The third kappa shape index (κ3) is 4.27. The Labute approximate surface area is 194 Å². The van der Waals surface area contributed by atoms with Gasteiger partial charge in [0.15, 0.2) is 11.5 Å². The van der Waals surface area contributed by atoms with Gasteiger partial charge in [0, 0.05) is 36.0 Å². The van der Waals surface area contributed by atoms with Crippen molar-refractivity contribution in [2.45, 2.75) is 54.8 Å². The van der Waals surface area contributed by atoms with Gasteiger partial charge in [0.2, 0.25) is 10.0 Å². The first-order chi connectivity index (χ1) is 15.4. The summed E-state index contributed by atoms with van der Waals surface area (Å²) in [5.74, 6) is 1.66. The Morgan fingerprint density at radius 1 is 1.19 bits per heavy atom. The highest BCUT2D eigenvalue weighted by molar-refractivity contribution is 7.89. The zero-order valence-electron chi connectivity index (χ0n) is 18.2. The molecule has 3 heterocycles. The van der Waals surface area contributed by atoms with Crippen LogP contribution in [0.5, 0.6) is 11.5 Å². The van der Waals surface area contributed by atoms with Crippen molar-refractivity contribution in [1.82, 2.24) is 9.62 Å². The van der Waals surface area contributed by atoms with Gasteiger partial charge in [0.05, 0.1) is 4.90 Å². The molecule has 2 saturated heterocycles. The van der Waals surface area contributed by atoms with Crippen molar-refractivity contribution in [2.24, 2.45) is 17.3 Å². The number of halogens is 1. The van der Waals surface area contributed by atoms with Crippen LogP contribution in [0.1, 0.15) is 38.5 Å². The van der Waals surface area contributed by atoms with Crippen LogP contribution < -0.4 is 14.8 Å². The first-order valence-electron chi connectivity index (χ1n) is 11.6. The van der Waals surface area contributed by atoms with E-state index in [4.69, 9.17) is 21.1 Å². The maximum absolute atomic E-state index is 13.3. The summed E-state index contributed by atoms with van der Waals surface area (Å²) in [4.78, 5) is 12.2. The fraction of sp³-hybridized carbons (Fsp3) is 0.696. The maximum atomic E-state index is 13.3. The standard InChI is InChI=1S/C23H31ClN2O5S/c24-18-2-1-5-23(10-18,15-27)11-19-8-16-13-26(14-17(16)12-25-19)32(28,29)20-3-4-21-22(9-20)31-7-6-30-21/h3-4,9,15-19,25H,1-2,5-8,10-14H2. The van der Waals surface area contributed by atoms with Crippen LogP contribution in [0.3, 0.4) is 0 Å². The number of alkyl halides is 1. The number of aldehydes is 1. The van der Waals surface area contributed by atoms with Gasteiger partial charge >= 0.3 is 0 Å². The number of hydrogen-bond acceptors (Lipinski definition) is 6. The molecule has 3 aliphatic heterocycles. The smallest absolute Gasteiger partial charge is 0.243 e. The lowest BCUT2D eigenvalue weighted by Crippen LogP contribution is -2.47. The number of benzene rings is 1. The minimum Gasteiger partial charge on any atom is -0.486 e. The average Bonchev–Trinajstić information content (AvgIpc) is 3.23. The van der Waals surface area contributed by atoms with Crippen molar-refractivity contribution >= 4 is 27.9 Å². The van der Waals surface area contributed by atoms with E-state index < -0.39 is 10.0 Å². The Bertz CT molecular complexity index is 973. The topological polar surface area (TPSA) is 84.9 Å². The molecule has 5 unspecified atom stereocenters. The molecule has 9 heteroatoms. The lowest BCUT2D eigenvalue weighted by molar-refractivity contribution is -0.118. The summed E-state index contributed by atoms with van der Waals surface area (Å²) < 4.78 is 39.4. The van der Waals surface area contributed by atoms with Crippen molar-refractivity contribution in [3.63, 3.8) is 0 Å². The van der Waals surface area contributed by atoms with E-state index in [0.29, 0.717) is 43.7 Å². The number of ether oxygens (including phenoxy) is 2. The van der Waals surface area contributed by atoms with E-state index in [1.165, 1.54) is 0 Å². The number of nitrogens with zero attached hydrogens (tertiary/aromatic N) is 1. The first-order valence-corrected chi connectivity index (χ1v) is 13.5. The van der Waals surface area contributed by atoms with Crippen LogP contribution >= 0.6 is 11.6 Å². The number of rotatable bonds is 5. The highest BCUT2D eigenvalue weighted by atomic mass is 35.5. The molecule has 0 radical (unpaired) electrons. The van der Waals surface area contributed by atoms with Crippen LogP contribution in [0, 0.1) is 17.3 Å². The molecule has 3 fully saturated rings. The second-order valence-corrected chi connectivity index (χ2v) is 12.4. The van der Waals surface area contributed by atoms with Gasteiger partial charge in [-0.05, 0) is 62.6 Å². The van der Waals surface area contributed by atoms with E-state index in [0.717, 1.165) is 51.4 Å². The van der Waals surface area contributed by atoms with Crippen LogP contribution in [-0.4, -0.2) is 63.3 Å². The third-order valence-corrected chi connectivity index (χ3v) is 9.87. The number of fused-ring (bicyclic) bond motifs is 2. The molecular weight excluding hydrogens is 452 g/mol. The predicted octanol–water partition coefficient (Wildman–Crippen LogP) is 2.81. The van der Waals surface area contributed by atoms with Gasteiger partial charge in [-0.2, -0.15) is 4.31 Å². The van der Waals surface area contributed by atoms with Crippen molar-refractivity contribution in [1.29, 1.82) is 0 Å². The number of nitrogens with one attached hydrogen (secondary N) is 1. The average molecular weight is 483 g/mol. The zero-order valence-corrected chi connectivity index (χ0v) is 19.7. The molecule has 1 aromatic carbocycles. The summed E-state index contributed by atoms with van der Waals surface area (Å²) in [6.45, 7) is 2.71. The summed E-state index contributed by atoms with van der Waals surface area (Å²) >= 11 is 6.39. The summed E-state index contributed by atoms with van der Waals surface area (Å²) in [5.41, 5.74) is -0.343. The van der Waals surface area contributed by atoms with E-state index in [1.807, 2.05) is 0 Å². The van der Waals surface area contributed by atoms with E-state index in [1.54, 1.807) is 22.5 Å². The van der Waals surface area contributed by atoms with Gasteiger partial charge in [-0.15, -0.1) is 11.6 Å². The minimum atomic E-state index is -3.60. The van der Waals surface area contributed by atoms with Gasteiger partial charge in [-0.25, -0.2) is 8.42 Å². The van der Waals surface area contributed by atoms with E-state index in [9.17, 15) is 13.2 Å². The number of sulfonamides is 1. The summed E-state index contributed by atoms with van der Waals surface area (Å²) in [6.07, 6.45) is 6.42. The summed E-state index contributed by atoms with van der Waals surface area (Å²) in [6, 6.07) is 5.08. The van der Waals surface area contributed by atoms with Crippen LogP contribution in [0.15, 0.2) is 23.1 Å². The van der Waals surface area contributed by atoms with E-state index in [-0.39, 0.29) is 27.6 Å². The molecule has 5 rings (SSSR count). The Morgan fingerprint density at radius 2 is 1.97 bits per heavy atom. The molecule has 4 aliphatic rings. The highest BCUT2D eigenvalue weighted by Gasteiger charge is 2.45. The molecule has 1 aliphatic carbocycles. The molecule has 5 atom stereocenters. The maximum Gasteiger partial charge on any atom is 0.243 e. The lowest BCUT2D eigenvalue weighted by atomic mass is 9.69. The minimum absolute atomic E-state index is 0.0726. The van der Waals surface area contributed by atoms with Crippen LogP contribution in [0.4, 0.5) is 0 Å². The van der Waals surface area contributed by atoms with E-state index in [2.05, 4.69) is 5.32 Å². The molecule has 0 aromatic heterocycles. The Hall–Kier alpha value is -1.35. The quantitative estimate of drug-likeness (QED) is 0.513. The third-order valence-electron chi connectivity index (χ3n) is 7.67. The molecule has 0 spiro atoms. The van der Waals surface area contributed by atoms with Crippen LogP contribution in [-0.2, 0) is 14.8 Å². The van der Waals surface area contributed by atoms with Gasteiger partial charge in [0.1, 0.15) is 19.5 Å². The fourth-order valence-electron chi connectivity index (χ4n) is 6.00. The van der Waals surface area contributed by atoms with Crippen molar-refractivity contribution < 1.29 is 22.7 Å². The molecule has 176 valence electrons. The number of piperidine rings is 1. The molecule has 1 aromatic rings. The summed E-state index contributed by atoms with van der Waals surface area (Å²) in [5, 5.41) is 3.68. The molecule has 7 nitrogen and oxygen atoms in total. The van der Waals surface area contributed by atoms with Crippen molar-refractivity contribution in [3.05, 3.63) is 18.2 Å². The SMILES string of the molecule is O=CC1(CC2CC3CN(S(=O)(=O)c4ccc5c(c4)OCCO5)CC3CN2)CCCC(Cl)C1. The van der Waals surface area contributed by atoms with Gasteiger partial charge in [-0.1, -0.05) is 6.42 Å². The Balaban J connectivity index is 1.26. The lowest BCUT2D eigenvalue weighted by Gasteiger charge is -2.40. The number of carbonyl (C=O) groups is 1. The number of hydrogen-bond donors (Lipinski definition) is 1. The normalized spacial score (nSPS) is 35.3. The van der Waals surface area contributed by atoms with Crippen LogP contribution in [0.25, 0.3) is 0 Å². The van der Waals surface area contributed by atoms with E-state index >= 15 is 0 Å². The Kier molecular flexibility index (Phi) is 6.16.